The molecule has 1 unspecified atom stereocenters. The number of piperidine rings is 1. The quantitative estimate of drug-likeness (QED) is 0.395. The zero-order chi connectivity index (χ0) is 17.7. The molecular weight excluding hydrogens is 449 g/mol. The first-order chi connectivity index (χ1) is 11.3. The summed E-state index contributed by atoms with van der Waals surface area (Å²) in [5.41, 5.74) is 6.46. The number of carbonyl (C=O) groups is 1. The van der Waals surface area contributed by atoms with Gasteiger partial charge in [0.1, 0.15) is 0 Å². The number of hydrogen-bond acceptors (Lipinski definition) is 4. The van der Waals surface area contributed by atoms with Gasteiger partial charge in [0.25, 0.3) is 0 Å². The lowest BCUT2D eigenvalue weighted by Crippen LogP contribution is -2.46. The number of nitrogens with two attached hydrogens (primary N) is 1. The van der Waals surface area contributed by atoms with Gasteiger partial charge in [-0.2, -0.15) is 0 Å². The Kier molecular flexibility index (Phi) is 8.59. The van der Waals surface area contributed by atoms with Gasteiger partial charge in [-0.15, -0.1) is 35.3 Å². The van der Waals surface area contributed by atoms with Crippen LogP contribution < -0.4 is 11.1 Å². The fraction of sp³-hybridized carbons (Fsp3) is 0.706. The third-order valence-electron chi connectivity index (χ3n) is 4.14. The van der Waals surface area contributed by atoms with E-state index in [1.54, 1.807) is 18.4 Å². The number of likely N-dealkylation sites (tertiary alicyclic amines) is 1. The molecule has 3 N–H and O–H groups in total. The molecule has 0 aromatic carbocycles. The van der Waals surface area contributed by atoms with Crippen molar-refractivity contribution in [1.82, 2.24) is 15.2 Å². The highest BCUT2D eigenvalue weighted by atomic mass is 127. The maximum absolute atomic E-state index is 11.2. The molecule has 0 spiro atoms. The van der Waals surface area contributed by atoms with E-state index in [2.05, 4.69) is 41.4 Å². The topological polar surface area (TPSA) is 83.6 Å². The van der Waals surface area contributed by atoms with Gasteiger partial charge in [-0.25, -0.2) is 4.98 Å². The molecule has 6 nitrogen and oxygen atoms in total. The third kappa shape index (κ3) is 6.73. The van der Waals surface area contributed by atoms with Crippen molar-refractivity contribution < 1.29 is 4.79 Å². The minimum atomic E-state index is -0.220. The molecular formula is C17H30IN5OS. The van der Waals surface area contributed by atoms with Crippen LogP contribution in [-0.2, 0) is 16.8 Å². The summed E-state index contributed by atoms with van der Waals surface area (Å²) in [7, 11) is 1.79. The van der Waals surface area contributed by atoms with E-state index >= 15 is 0 Å². The summed E-state index contributed by atoms with van der Waals surface area (Å²) in [6.07, 6.45) is 2.56. The molecule has 25 heavy (non-hydrogen) atoms. The van der Waals surface area contributed by atoms with E-state index < -0.39 is 0 Å². The predicted octanol–water partition coefficient (Wildman–Crippen LogP) is 2.72. The zero-order valence-electron chi connectivity index (χ0n) is 15.5. The molecule has 1 fully saturated rings. The number of thiazole rings is 1. The van der Waals surface area contributed by atoms with E-state index in [-0.39, 0.29) is 35.3 Å². The van der Waals surface area contributed by atoms with Gasteiger partial charge in [-0.05, 0) is 18.8 Å². The number of halogens is 1. The fourth-order valence-electron chi connectivity index (χ4n) is 2.94. The highest BCUT2D eigenvalue weighted by Crippen LogP contribution is 2.25. The number of rotatable bonds is 4. The number of primary amides is 1. The summed E-state index contributed by atoms with van der Waals surface area (Å²) in [6, 6.07) is 0. The molecule has 1 atom stereocenters. The minimum absolute atomic E-state index is 0. The van der Waals surface area contributed by atoms with Crippen LogP contribution in [0.4, 0.5) is 0 Å². The van der Waals surface area contributed by atoms with Gasteiger partial charge in [0.05, 0.1) is 17.2 Å². The largest absolute Gasteiger partial charge is 0.370 e. The van der Waals surface area contributed by atoms with Gasteiger partial charge in [-0.1, -0.05) is 20.8 Å². The summed E-state index contributed by atoms with van der Waals surface area (Å²) in [5.74, 6) is 0.970. The van der Waals surface area contributed by atoms with Crippen molar-refractivity contribution in [2.24, 2.45) is 16.6 Å². The minimum Gasteiger partial charge on any atom is -0.370 e. The van der Waals surface area contributed by atoms with Crippen molar-refractivity contribution in [2.75, 3.05) is 20.1 Å². The second kappa shape index (κ2) is 9.70. The molecule has 1 aromatic rings. The Hall–Kier alpha value is -0.900. The summed E-state index contributed by atoms with van der Waals surface area (Å²) in [5, 5.41) is 6.65. The van der Waals surface area contributed by atoms with Gasteiger partial charge < -0.3 is 16.0 Å². The van der Waals surface area contributed by atoms with Crippen LogP contribution in [0.5, 0.6) is 0 Å². The van der Waals surface area contributed by atoms with Crippen LogP contribution in [0, 0.1) is 5.92 Å². The molecule has 142 valence electrons. The maximum atomic E-state index is 11.2. The number of amides is 1. The third-order valence-corrected chi connectivity index (χ3v) is 5.46. The number of aliphatic imine (C=N–C) groups is 1. The van der Waals surface area contributed by atoms with Crippen LogP contribution in [-0.4, -0.2) is 41.9 Å². The molecule has 0 aliphatic carbocycles. The molecule has 0 saturated carbocycles. The average molecular weight is 479 g/mol. The Morgan fingerprint density at radius 1 is 1.52 bits per heavy atom. The number of nitrogens with zero attached hydrogens (tertiary/aromatic N) is 3. The smallest absolute Gasteiger partial charge is 0.217 e. The number of carbonyl (C=O) groups excluding carboxylic acids is 1. The second-order valence-corrected chi connectivity index (χ2v) is 8.28. The molecule has 2 heterocycles. The number of aromatic nitrogens is 1. The molecule has 2 rings (SSSR count). The highest BCUT2D eigenvalue weighted by Gasteiger charge is 2.24. The van der Waals surface area contributed by atoms with Gasteiger partial charge in [0, 0.05) is 37.4 Å². The summed E-state index contributed by atoms with van der Waals surface area (Å²) in [6.45, 7) is 8.97. The number of guanidine groups is 1. The van der Waals surface area contributed by atoms with Crippen molar-refractivity contribution in [3.63, 3.8) is 0 Å². The van der Waals surface area contributed by atoms with Crippen molar-refractivity contribution in [3.8, 4) is 0 Å². The SMILES string of the molecule is CN=C(NCc1csc(C(C)(C)C)n1)N1CCCC(CC(N)=O)C1.I. The van der Waals surface area contributed by atoms with E-state index in [0.717, 1.165) is 42.6 Å². The first-order valence-corrected chi connectivity index (χ1v) is 9.36. The fourth-order valence-corrected chi connectivity index (χ4v) is 3.85. The van der Waals surface area contributed by atoms with Crippen LogP contribution in [0.2, 0.25) is 0 Å². The lowest BCUT2D eigenvalue weighted by atomic mass is 9.95. The highest BCUT2D eigenvalue weighted by molar-refractivity contribution is 14.0. The molecule has 1 aromatic heterocycles. The van der Waals surface area contributed by atoms with Crippen molar-refractivity contribution >= 4 is 47.2 Å². The van der Waals surface area contributed by atoms with E-state index in [9.17, 15) is 4.79 Å². The van der Waals surface area contributed by atoms with Gasteiger partial charge in [0.2, 0.25) is 5.91 Å². The van der Waals surface area contributed by atoms with E-state index in [4.69, 9.17) is 10.7 Å². The molecule has 0 radical (unpaired) electrons. The van der Waals surface area contributed by atoms with Crippen LogP contribution >= 0.6 is 35.3 Å². The first kappa shape index (κ1) is 22.1. The summed E-state index contributed by atoms with van der Waals surface area (Å²) >= 11 is 1.70. The monoisotopic (exact) mass is 479 g/mol. The average Bonchev–Trinajstić information content (AvgIpc) is 2.97. The summed E-state index contributed by atoms with van der Waals surface area (Å²) < 4.78 is 0. The molecule has 1 amide bonds. The van der Waals surface area contributed by atoms with Gasteiger partial charge >= 0.3 is 0 Å². The van der Waals surface area contributed by atoms with E-state index in [1.807, 2.05) is 0 Å². The van der Waals surface area contributed by atoms with Crippen LogP contribution in [0.1, 0.15) is 50.7 Å². The molecule has 8 heteroatoms. The van der Waals surface area contributed by atoms with Crippen LogP contribution in [0.15, 0.2) is 10.4 Å². The predicted molar refractivity (Wildman–Crippen MR) is 115 cm³/mol. The first-order valence-electron chi connectivity index (χ1n) is 8.48. The Morgan fingerprint density at radius 3 is 2.80 bits per heavy atom. The van der Waals surface area contributed by atoms with E-state index in [1.165, 1.54) is 0 Å². The van der Waals surface area contributed by atoms with Crippen molar-refractivity contribution in [3.05, 3.63) is 16.1 Å². The lowest BCUT2D eigenvalue weighted by Gasteiger charge is -2.34. The van der Waals surface area contributed by atoms with Gasteiger partial charge in [0.15, 0.2) is 5.96 Å². The molecule has 1 aliphatic rings. The number of hydrogen-bond donors (Lipinski definition) is 2. The van der Waals surface area contributed by atoms with E-state index in [0.29, 0.717) is 18.9 Å². The summed E-state index contributed by atoms with van der Waals surface area (Å²) in [4.78, 5) is 22.5. The standard InChI is InChI=1S/C17H29N5OS.HI/c1-17(2,3)15-21-13(11-24-15)9-20-16(19-4)22-7-5-6-12(10-22)8-14(18)23;/h11-12H,5-10H2,1-4H3,(H2,18,23)(H,19,20);1H. The number of nitrogens with one attached hydrogen (secondary N) is 1. The van der Waals surface area contributed by atoms with Crippen LogP contribution in [0.25, 0.3) is 0 Å². The normalized spacial score (nSPS) is 18.6. The molecule has 0 bridgehead atoms. The maximum Gasteiger partial charge on any atom is 0.217 e. The van der Waals surface area contributed by atoms with Crippen molar-refractivity contribution in [2.45, 2.75) is 52.0 Å². The van der Waals surface area contributed by atoms with Crippen molar-refractivity contribution in [1.29, 1.82) is 0 Å². The Labute approximate surface area is 171 Å². The lowest BCUT2D eigenvalue weighted by molar-refractivity contribution is -0.119. The second-order valence-electron chi connectivity index (χ2n) is 7.42. The Morgan fingerprint density at radius 2 is 2.24 bits per heavy atom. The van der Waals surface area contributed by atoms with Gasteiger partial charge in [-0.3, -0.25) is 9.79 Å². The molecule has 1 aliphatic heterocycles. The Balaban J connectivity index is 0.00000312. The van der Waals surface area contributed by atoms with Crippen LogP contribution in [0.3, 0.4) is 0 Å². The zero-order valence-corrected chi connectivity index (χ0v) is 18.7. The molecule has 1 saturated heterocycles. The Bertz CT molecular complexity index is 596.